The maximum absolute atomic E-state index is 11.3. The van der Waals surface area contributed by atoms with E-state index < -0.39 is 12.2 Å². The lowest BCUT2D eigenvalue weighted by atomic mass is 10.2. The van der Waals surface area contributed by atoms with E-state index in [1.807, 2.05) is 0 Å². The van der Waals surface area contributed by atoms with Crippen LogP contribution in [-0.2, 0) is 16.1 Å². The first-order valence-corrected chi connectivity index (χ1v) is 5.99. The molecule has 0 heterocycles. The molecule has 1 aromatic rings. The van der Waals surface area contributed by atoms with Crippen molar-refractivity contribution in [1.82, 2.24) is 5.32 Å². The normalized spacial score (nSPS) is 11.5. The van der Waals surface area contributed by atoms with Crippen molar-refractivity contribution in [2.24, 2.45) is 5.73 Å². The molecule has 0 aliphatic carbocycles. The van der Waals surface area contributed by atoms with Gasteiger partial charge < -0.3 is 20.5 Å². The molecule has 1 aromatic carbocycles. The Morgan fingerprint density at radius 3 is 2.47 bits per heavy atom. The fourth-order valence-electron chi connectivity index (χ4n) is 1.27. The summed E-state index contributed by atoms with van der Waals surface area (Å²) in [7, 11) is 0. The fraction of sp³-hybridized carbons (Fsp3) is 0.385. The van der Waals surface area contributed by atoms with E-state index in [9.17, 15) is 9.59 Å². The summed E-state index contributed by atoms with van der Waals surface area (Å²) in [6, 6.07) is 6.21. The third kappa shape index (κ3) is 5.39. The van der Waals surface area contributed by atoms with Crippen molar-refractivity contribution in [2.45, 2.75) is 26.4 Å². The highest BCUT2D eigenvalue weighted by atomic mass is 16.7. The summed E-state index contributed by atoms with van der Waals surface area (Å²) in [6.45, 7) is 3.96. The molecule has 0 unspecified atom stereocenters. The van der Waals surface area contributed by atoms with Crippen molar-refractivity contribution < 1.29 is 19.1 Å². The van der Waals surface area contributed by atoms with E-state index in [4.69, 9.17) is 10.5 Å². The third-order valence-electron chi connectivity index (χ3n) is 2.27. The summed E-state index contributed by atoms with van der Waals surface area (Å²) in [6.07, 6.45) is -0.736. The zero-order valence-electron chi connectivity index (χ0n) is 11.0. The average molecular weight is 266 g/mol. The second kappa shape index (κ2) is 7.38. The summed E-state index contributed by atoms with van der Waals surface area (Å²) in [5.74, 6) is 0.174. The lowest BCUT2D eigenvalue weighted by Gasteiger charge is -2.08. The van der Waals surface area contributed by atoms with Crippen molar-refractivity contribution in [3.63, 3.8) is 0 Å². The number of hydrogen-bond donors (Lipinski definition) is 2. The van der Waals surface area contributed by atoms with Crippen molar-refractivity contribution in [1.29, 1.82) is 0 Å². The summed E-state index contributed by atoms with van der Waals surface area (Å²) < 4.78 is 9.55. The second-order valence-electron chi connectivity index (χ2n) is 3.94. The van der Waals surface area contributed by atoms with Crippen LogP contribution >= 0.6 is 0 Å². The first-order chi connectivity index (χ1) is 9.02. The van der Waals surface area contributed by atoms with Gasteiger partial charge in [-0.1, -0.05) is 12.1 Å². The standard InChI is InChI=1S/C13H18N2O4/c1-3-18-13(17)19-11-6-4-10(5-7-11)8-15-12(16)9(2)14/h4-7,9H,3,8,14H2,1-2H3,(H,15,16)/t9-/m0/s1. The molecule has 1 atom stereocenters. The molecule has 1 rings (SSSR count). The SMILES string of the molecule is CCOC(=O)Oc1ccc(CNC(=O)[C@H](C)N)cc1. The zero-order chi connectivity index (χ0) is 14.3. The molecule has 0 aliphatic rings. The number of hydrogen-bond acceptors (Lipinski definition) is 5. The number of amides is 1. The van der Waals surface area contributed by atoms with E-state index in [1.165, 1.54) is 0 Å². The highest BCUT2D eigenvalue weighted by Gasteiger charge is 2.07. The van der Waals surface area contributed by atoms with Crippen LogP contribution in [0.5, 0.6) is 5.75 Å². The van der Waals surface area contributed by atoms with E-state index in [2.05, 4.69) is 10.1 Å². The molecular weight excluding hydrogens is 248 g/mol. The minimum Gasteiger partial charge on any atom is -0.434 e. The van der Waals surface area contributed by atoms with Crippen molar-refractivity contribution in [3.05, 3.63) is 29.8 Å². The highest BCUT2D eigenvalue weighted by Crippen LogP contribution is 2.12. The van der Waals surface area contributed by atoms with Gasteiger partial charge in [-0.05, 0) is 31.5 Å². The number of ether oxygens (including phenoxy) is 2. The van der Waals surface area contributed by atoms with Crippen LogP contribution in [-0.4, -0.2) is 24.7 Å². The number of carbonyl (C=O) groups excluding carboxylic acids is 2. The first-order valence-electron chi connectivity index (χ1n) is 5.99. The number of rotatable bonds is 5. The summed E-state index contributed by atoms with van der Waals surface area (Å²) >= 11 is 0. The Labute approximate surface area is 111 Å². The monoisotopic (exact) mass is 266 g/mol. The average Bonchev–Trinajstić information content (AvgIpc) is 2.37. The van der Waals surface area contributed by atoms with E-state index in [1.54, 1.807) is 38.1 Å². The number of nitrogens with one attached hydrogen (secondary N) is 1. The number of nitrogens with two attached hydrogens (primary N) is 1. The van der Waals surface area contributed by atoms with Gasteiger partial charge in [-0.2, -0.15) is 0 Å². The van der Waals surface area contributed by atoms with Gasteiger partial charge in [0.05, 0.1) is 12.6 Å². The second-order valence-corrected chi connectivity index (χ2v) is 3.94. The Morgan fingerprint density at radius 1 is 1.32 bits per heavy atom. The molecular formula is C13H18N2O4. The predicted molar refractivity (Wildman–Crippen MR) is 69.6 cm³/mol. The van der Waals surface area contributed by atoms with Crippen LogP contribution in [0.4, 0.5) is 4.79 Å². The topological polar surface area (TPSA) is 90.6 Å². The Kier molecular flexibility index (Phi) is 5.81. The molecule has 0 aromatic heterocycles. The molecule has 0 saturated carbocycles. The maximum atomic E-state index is 11.3. The maximum Gasteiger partial charge on any atom is 0.513 e. The minimum atomic E-state index is -0.736. The molecule has 0 spiro atoms. The molecule has 0 radical (unpaired) electrons. The van der Waals surface area contributed by atoms with Crippen molar-refractivity contribution in [2.75, 3.05) is 6.61 Å². The van der Waals surface area contributed by atoms with Crippen molar-refractivity contribution >= 4 is 12.1 Å². The first kappa shape index (κ1) is 15.0. The van der Waals surface area contributed by atoms with Crippen LogP contribution in [0.25, 0.3) is 0 Å². The van der Waals surface area contributed by atoms with E-state index in [0.29, 0.717) is 12.3 Å². The Morgan fingerprint density at radius 2 is 1.95 bits per heavy atom. The Bertz CT molecular complexity index is 429. The third-order valence-corrected chi connectivity index (χ3v) is 2.27. The zero-order valence-corrected chi connectivity index (χ0v) is 11.0. The highest BCUT2D eigenvalue weighted by molar-refractivity contribution is 5.80. The molecule has 0 fully saturated rings. The molecule has 19 heavy (non-hydrogen) atoms. The fourth-order valence-corrected chi connectivity index (χ4v) is 1.27. The van der Waals surface area contributed by atoms with Crippen LogP contribution in [0.3, 0.4) is 0 Å². The lowest BCUT2D eigenvalue weighted by Crippen LogP contribution is -2.37. The molecule has 0 aliphatic heterocycles. The molecule has 6 heteroatoms. The summed E-state index contributed by atoms with van der Waals surface area (Å²) in [5.41, 5.74) is 6.30. The van der Waals surface area contributed by atoms with Gasteiger partial charge in [-0.15, -0.1) is 0 Å². The van der Waals surface area contributed by atoms with Crippen LogP contribution in [0, 0.1) is 0 Å². The quantitative estimate of drug-likeness (QED) is 0.617. The van der Waals surface area contributed by atoms with Crippen LogP contribution in [0.1, 0.15) is 19.4 Å². The summed E-state index contributed by atoms with van der Waals surface area (Å²) in [5, 5.41) is 2.68. The molecule has 0 saturated heterocycles. The molecule has 1 amide bonds. The van der Waals surface area contributed by atoms with Crippen molar-refractivity contribution in [3.8, 4) is 5.75 Å². The van der Waals surface area contributed by atoms with Gasteiger partial charge in [-0.25, -0.2) is 4.79 Å². The number of carbonyl (C=O) groups is 2. The Balaban J connectivity index is 2.47. The van der Waals surface area contributed by atoms with Crippen LogP contribution < -0.4 is 15.8 Å². The smallest absolute Gasteiger partial charge is 0.434 e. The van der Waals surface area contributed by atoms with E-state index in [0.717, 1.165) is 5.56 Å². The van der Waals surface area contributed by atoms with Gasteiger partial charge in [0.1, 0.15) is 5.75 Å². The predicted octanol–water partition coefficient (Wildman–Crippen LogP) is 1.19. The number of benzene rings is 1. The molecule has 0 bridgehead atoms. The van der Waals surface area contributed by atoms with Gasteiger partial charge in [-0.3, -0.25) is 4.79 Å². The molecule has 3 N–H and O–H groups in total. The van der Waals surface area contributed by atoms with Gasteiger partial charge in [0.15, 0.2) is 0 Å². The van der Waals surface area contributed by atoms with E-state index >= 15 is 0 Å². The largest absolute Gasteiger partial charge is 0.513 e. The molecule has 104 valence electrons. The Hall–Kier alpha value is -2.08. The van der Waals surface area contributed by atoms with Gasteiger partial charge in [0.25, 0.3) is 0 Å². The van der Waals surface area contributed by atoms with Gasteiger partial charge in [0.2, 0.25) is 5.91 Å². The van der Waals surface area contributed by atoms with Gasteiger partial charge >= 0.3 is 6.16 Å². The lowest BCUT2D eigenvalue weighted by molar-refractivity contribution is -0.122. The minimum absolute atomic E-state index is 0.216. The van der Waals surface area contributed by atoms with Crippen LogP contribution in [0.2, 0.25) is 0 Å². The summed E-state index contributed by atoms with van der Waals surface area (Å²) in [4.78, 5) is 22.4. The van der Waals surface area contributed by atoms with Gasteiger partial charge in [0, 0.05) is 6.54 Å². The molecule has 6 nitrogen and oxygen atoms in total. The van der Waals surface area contributed by atoms with Crippen LogP contribution in [0.15, 0.2) is 24.3 Å². The van der Waals surface area contributed by atoms with E-state index in [-0.39, 0.29) is 12.5 Å².